The molecule has 0 amide bonds. The van der Waals surface area contributed by atoms with E-state index in [0.717, 1.165) is 0 Å². The zero-order valence-electron chi connectivity index (χ0n) is 18.1. The summed E-state index contributed by atoms with van der Waals surface area (Å²) in [5.74, 6) is 0. The van der Waals surface area contributed by atoms with Crippen molar-refractivity contribution in [3.05, 3.63) is 40.2 Å². The predicted octanol–water partition coefficient (Wildman–Crippen LogP) is 6.65. The van der Waals surface area contributed by atoms with Crippen LogP contribution in [0.25, 0.3) is 11.1 Å². The highest BCUT2D eigenvalue weighted by Gasteiger charge is 2.34. The van der Waals surface area contributed by atoms with Gasteiger partial charge in [-0.15, -0.1) is 0 Å². The Morgan fingerprint density at radius 1 is 0.800 bits per heavy atom. The van der Waals surface area contributed by atoms with Gasteiger partial charge in [-0.3, -0.25) is 4.68 Å². The molecule has 0 aliphatic carbocycles. The third kappa shape index (κ3) is 3.68. The van der Waals surface area contributed by atoms with Crippen LogP contribution in [-0.2, 0) is 10.8 Å². The van der Waals surface area contributed by atoms with E-state index in [1.54, 1.807) is 0 Å². The molecule has 138 valence electrons. The van der Waals surface area contributed by atoms with Gasteiger partial charge >= 0.3 is 0 Å². The smallest absolute Gasteiger partial charge is 0.0759 e. The van der Waals surface area contributed by atoms with Gasteiger partial charge in [-0.05, 0) is 51.3 Å². The average molecular weight is 341 g/mol. The Bertz CT molecular complexity index is 755. The van der Waals surface area contributed by atoms with Crippen molar-refractivity contribution in [3.8, 4) is 11.1 Å². The summed E-state index contributed by atoms with van der Waals surface area (Å²) in [6.45, 7) is 24.8. The number of hydrogen-bond acceptors (Lipinski definition) is 1. The molecule has 0 fully saturated rings. The molecule has 1 heterocycles. The summed E-state index contributed by atoms with van der Waals surface area (Å²) in [6, 6.07) is 4.94. The zero-order valence-corrected chi connectivity index (χ0v) is 18.1. The number of benzene rings is 1. The molecule has 0 bridgehead atoms. The number of aryl methyl sites for hydroxylation is 3. The molecule has 1 aromatic heterocycles. The lowest BCUT2D eigenvalue weighted by molar-refractivity contribution is 0.438. The second-order valence-electron chi connectivity index (χ2n) is 9.88. The number of aromatic nitrogens is 2. The van der Waals surface area contributed by atoms with Crippen LogP contribution in [0.2, 0.25) is 0 Å². The van der Waals surface area contributed by atoms with Gasteiger partial charge in [0.25, 0.3) is 0 Å². The molecule has 1 aromatic carbocycles. The van der Waals surface area contributed by atoms with Crippen LogP contribution < -0.4 is 0 Å². The van der Waals surface area contributed by atoms with Gasteiger partial charge in [0.15, 0.2) is 0 Å². The topological polar surface area (TPSA) is 17.8 Å². The summed E-state index contributed by atoms with van der Waals surface area (Å²) < 4.78 is 2.26. The van der Waals surface area contributed by atoms with Crippen LogP contribution in [0.4, 0.5) is 0 Å². The van der Waals surface area contributed by atoms with Gasteiger partial charge in [-0.25, -0.2) is 0 Å². The largest absolute Gasteiger partial charge is 0.266 e. The minimum Gasteiger partial charge on any atom is -0.266 e. The monoisotopic (exact) mass is 340 g/mol. The van der Waals surface area contributed by atoms with E-state index in [9.17, 15) is 0 Å². The maximum Gasteiger partial charge on any atom is 0.0759 e. The third-order valence-corrected chi connectivity index (χ3v) is 4.75. The van der Waals surface area contributed by atoms with Crippen LogP contribution in [0, 0.1) is 20.8 Å². The van der Waals surface area contributed by atoms with Crippen LogP contribution in [0.1, 0.15) is 89.5 Å². The molecule has 2 aromatic rings. The molecule has 0 saturated carbocycles. The average Bonchev–Trinajstić information content (AvgIpc) is 2.77. The van der Waals surface area contributed by atoms with Gasteiger partial charge in [-0.2, -0.15) is 5.10 Å². The lowest BCUT2D eigenvalue weighted by Gasteiger charge is -2.26. The van der Waals surface area contributed by atoms with Crippen LogP contribution in [0.3, 0.4) is 0 Å². The molecule has 2 nitrogen and oxygen atoms in total. The maximum atomic E-state index is 5.15. The predicted molar refractivity (Wildman–Crippen MR) is 110 cm³/mol. The first-order valence-corrected chi connectivity index (χ1v) is 9.46. The highest BCUT2D eigenvalue weighted by molar-refractivity contribution is 5.77. The summed E-state index contributed by atoms with van der Waals surface area (Å²) in [7, 11) is 0. The fraction of sp³-hybridized carbons (Fsp3) is 0.609. The number of nitrogens with zero attached hydrogens (tertiary/aromatic N) is 2. The lowest BCUT2D eigenvalue weighted by Crippen LogP contribution is -2.21. The quantitative estimate of drug-likeness (QED) is 0.598. The van der Waals surface area contributed by atoms with E-state index in [2.05, 4.69) is 93.0 Å². The van der Waals surface area contributed by atoms with E-state index < -0.39 is 0 Å². The fourth-order valence-electron chi connectivity index (χ4n) is 3.86. The van der Waals surface area contributed by atoms with Crippen molar-refractivity contribution in [2.75, 3.05) is 0 Å². The Kier molecular flexibility index (Phi) is 4.98. The first-order chi connectivity index (χ1) is 11.2. The van der Waals surface area contributed by atoms with Crippen molar-refractivity contribution in [1.29, 1.82) is 0 Å². The first kappa shape index (κ1) is 19.8. The summed E-state index contributed by atoms with van der Waals surface area (Å²) in [6.07, 6.45) is 0. The molecule has 0 aliphatic heterocycles. The summed E-state index contributed by atoms with van der Waals surface area (Å²) in [5.41, 5.74) is 9.32. The zero-order chi connectivity index (χ0) is 19.3. The Morgan fingerprint density at radius 2 is 1.28 bits per heavy atom. The molecule has 0 radical (unpaired) electrons. The van der Waals surface area contributed by atoms with Crippen molar-refractivity contribution < 1.29 is 0 Å². The molecule has 0 spiro atoms. The molecule has 0 N–H and O–H groups in total. The van der Waals surface area contributed by atoms with E-state index in [1.807, 2.05) is 0 Å². The van der Waals surface area contributed by atoms with Crippen LogP contribution in [0.15, 0.2) is 12.1 Å². The van der Waals surface area contributed by atoms with Gasteiger partial charge in [0, 0.05) is 22.4 Å². The van der Waals surface area contributed by atoms with Gasteiger partial charge in [0.1, 0.15) is 0 Å². The van der Waals surface area contributed by atoms with Gasteiger partial charge in [0.2, 0.25) is 0 Å². The van der Waals surface area contributed by atoms with E-state index in [-0.39, 0.29) is 10.8 Å². The van der Waals surface area contributed by atoms with Crippen molar-refractivity contribution in [2.45, 2.75) is 93.0 Å². The van der Waals surface area contributed by atoms with E-state index >= 15 is 0 Å². The minimum absolute atomic E-state index is 0.000755. The Hall–Kier alpha value is -1.57. The third-order valence-electron chi connectivity index (χ3n) is 4.75. The number of rotatable bonds is 2. The first-order valence-electron chi connectivity index (χ1n) is 9.46. The molecule has 0 unspecified atom stereocenters. The summed E-state index contributed by atoms with van der Waals surface area (Å²) in [5, 5.41) is 5.15. The highest BCUT2D eigenvalue weighted by atomic mass is 15.3. The Labute approximate surface area is 154 Å². The fourth-order valence-corrected chi connectivity index (χ4v) is 3.86. The van der Waals surface area contributed by atoms with E-state index in [4.69, 9.17) is 5.10 Å². The molecule has 2 heteroatoms. The molecule has 0 atom stereocenters. The molecular formula is C23H36N2. The summed E-state index contributed by atoms with van der Waals surface area (Å²) in [4.78, 5) is 0. The van der Waals surface area contributed by atoms with Gasteiger partial charge in [-0.1, -0.05) is 59.2 Å². The van der Waals surface area contributed by atoms with E-state index in [0.29, 0.717) is 6.04 Å². The molecule has 0 aliphatic rings. The second kappa shape index (κ2) is 6.30. The lowest BCUT2D eigenvalue weighted by atomic mass is 9.79. The molecule has 2 rings (SSSR count). The van der Waals surface area contributed by atoms with Crippen molar-refractivity contribution in [1.82, 2.24) is 9.78 Å². The summed E-state index contributed by atoms with van der Waals surface area (Å²) >= 11 is 0. The maximum absolute atomic E-state index is 5.15. The van der Waals surface area contributed by atoms with E-state index in [1.165, 1.54) is 39.2 Å². The van der Waals surface area contributed by atoms with Crippen molar-refractivity contribution in [3.63, 3.8) is 0 Å². The Balaban J connectivity index is 3.03. The molecule has 25 heavy (non-hydrogen) atoms. The van der Waals surface area contributed by atoms with Gasteiger partial charge < -0.3 is 0 Å². The number of hydrogen-bond donors (Lipinski definition) is 0. The normalized spacial score (nSPS) is 13.0. The molecule has 0 saturated heterocycles. The standard InChI is InChI=1S/C23H36N2/c1-14(2)25-21(23(9,10)11)19(20(24-25)22(6,7)8)18-16(4)12-15(3)13-17(18)5/h12-14H,1-11H3. The van der Waals surface area contributed by atoms with Gasteiger partial charge in [0.05, 0.1) is 11.4 Å². The second-order valence-corrected chi connectivity index (χ2v) is 9.88. The SMILES string of the molecule is Cc1cc(C)c(-c2c(C(C)(C)C)nn(C(C)C)c2C(C)(C)C)c(C)c1. The van der Waals surface area contributed by atoms with Crippen molar-refractivity contribution >= 4 is 0 Å². The molecular weight excluding hydrogens is 304 g/mol. The minimum atomic E-state index is -0.000755. The highest BCUT2D eigenvalue weighted by Crippen LogP contribution is 2.43. The van der Waals surface area contributed by atoms with Crippen LogP contribution in [-0.4, -0.2) is 9.78 Å². The van der Waals surface area contributed by atoms with Crippen LogP contribution >= 0.6 is 0 Å². The van der Waals surface area contributed by atoms with Crippen LogP contribution in [0.5, 0.6) is 0 Å². The van der Waals surface area contributed by atoms with Crippen molar-refractivity contribution in [2.24, 2.45) is 0 Å². The Morgan fingerprint density at radius 3 is 1.64 bits per heavy atom.